The highest BCUT2D eigenvalue weighted by atomic mass is 16.2. The van der Waals surface area contributed by atoms with Crippen molar-refractivity contribution in [3.05, 3.63) is 70.8 Å². The molecule has 2 rings (SSSR count). The Balaban J connectivity index is 1.84. The Morgan fingerprint density at radius 2 is 1.69 bits per heavy atom. The number of benzene rings is 2. The molecule has 0 aromatic heterocycles. The topological polar surface area (TPSA) is 58.2 Å². The molecule has 0 saturated carbocycles. The van der Waals surface area contributed by atoms with Gasteiger partial charge in [-0.15, -0.1) is 0 Å². The van der Waals surface area contributed by atoms with E-state index in [0.717, 1.165) is 17.5 Å². The van der Waals surface area contributed by atoms with Crippen LogP contribution in [0.25, 0.3) is 0 Å². The molecule has 0 bridgehead atoms. The molecule has 0 heterocycles. The third kappa shape index (κ3) is 6.03. The standard InChI is InChI=1S/C22H28N2O2/c1-15(2)12-18-8-10-19(11-9-18)17(4)24-21(25)14-23-22(26)20-7-5-6-16(3)13-20/h5-11,13,15,17H,12,14H2,1-4H3,(H,23,26)(H,24,25)/t17-/m0/s1. The summed E-state index contributed by atoms with van der Waals surface area (Å²) in [5.74, 6) is 0.175. The third-order valence-corrected chi connectivity index (χ3v) is 4.19. The van der Waals surface area contributed by atoms with Crippen molar-refractivity contribution in [3.63, 3.8) is 0 Å². The normalized spacial score (nSPS) is 11.9. The number of carbonyl (C=O) groups is 2. The van der Waals surface area contributed by atoms with Crippen molar-refractivity contribution in [3.8, 4) is 0 Å². The predicted molar refractivity (Wildman–Crippen MR) is 105 cm³/mol. The van der Waals surface area contributed by atoms with Crippen LogP contribution in [0.1, 0.15) is 53.9 Å². The molecule has 0 fully saturated rings. The van der Waals surface area contributed by atoms with Crippen molar-refractivity contribution in [2.45, 2.75) is 40.2 Å². The first-order valence-corrected chi connectivity index (χ1v) is 9.08. The largest absolute Gasteiger partial charge is 0.348 e. The van der Waals surface area contributed by atoms with E-state index in [-0.39, 0.29) is 24.4 Å². The van der Waals surface area contributed by atoms with Crippen molar-refractivity contribution >= 4 is 11.8 Å². The molecule has 0 unspecified atom stereocenters. The summed E-state index contributed by atoms with van der Waals surface area (Å²) in [5.41, 5.74) is 3.92. The maximum atomic E-state index is 12.1. The fourth-order valence-electron chi connectivity index (χ4n) is 2.84. The zero-order valence-corrected chi connectivity index (χ0v) is 16.0. The van der Waals surface area contributed by atoms with Gasteiger partial charge < -0.3 is 10.6 Å². The van der Waals surface area contributed by atoms with Gasteiger partial charge in [-0.25, -0.2) is 0 Å². The average molecular weight is 352 g/mol. The zero-order valence-electron chi connectivity index (χ0n) is 16.0. The second-order valence-corrected chi connectivity index (χ2v) is 7.18. The molecule has 0 aliphatic carbocycles. The van der Waals surface area contributed by atoms with E-state index >= 15 is 0 Å². The lowest BCUT2D eigenvalue weighted by atomic mass is 10.00. The Hall–Kier alpha value is -2.62. The molecule has 2 amide bonds. The molecule has 2 aromatic rings. The van der Waals surface area contributed by atoms with Crippen LogP contribution in [0.4, 0.5) is 0 Å². The average Bonchev–Trinajstić information content (AvgIpc) is 2.59. The highest BCUT2D eigenvalue weighted by Crippen LogP contribution is 2.15. The Morgan fingerprint density at radius 1 is 1.00 bits per heavy atom. The summed E-state index contributed by atoms with van der Waals surface area (Å²) in [4.78, 5) is 24.2. The van der Waals surface area contributed by atoms with Crippen LogP contribution in [0.3, 0.4) is 0 Å². The van der Waals surface area contributed by atoms with Gasteiger partial charge in [0.1, 0.15) is 0 Å². The van der Waals surface area contributed by atoms with Crippen molar-refractivity contribution in [2.75, 3.05) is 6.54 Å². The molecule has 0 aliphatic rings. The van der Waals surface area contributed by atoms with Gasteiger partial charge in [0, 0.05) is 5.56 Å². The highest BCUT2D eigenvalue weighted by molar-refractivity contribution is 5.96. The Kier molecular flexibility index (Phi) is 6.96. The minimum Gasteiger partial charge on any atom is -0.348 e. The Bertz CT molecular complexity index is 751. The summed E-state index contributed by atoms with van der Waals surface area (Å²) >= 11 is 0. The minimum atomic E-state index is -0.241. The maximum Gasteiger partial charge on any atom is 0.251 e. The van der Waals surface area contributed by atoms with Gasteiger partial charge in [-0.3, -0.25) is 9.59 Å². The van der Waals surface area contributed by atoms with E-state index < -0.39 is 0 Å². The van der Waals surface area contributed by atoms with E-state index in [0.29, 0.717) is 11.5 Å². The van der Waals surface area contributed by atoms with Gasteiger partial charge in [-0.2, -0.15) is 0 Å². The maximum absolute atomic E-state index is 12.1. The quantitative estimate of drug-likeness (QED) is 0.796. The fraction of sp³-hybridized carbons (Fsp3) is 0.364. The lowest BCUT2D eigenvalue weighted by Gasteiger charge is -2.15. The van der Waals surface area contributed by atoms with Gasteiger partial charge in [0.15, 0.2) is 0 Å². The van der Waals surface area contributed by atoms with Crippen molar-refractivity contribution < 1.29 is 9.59 Å². The van der Waals surface area contributed by atoms with Crippen molar-refractivity contribution in [2.24, 2.45) is 5.92 Å². The van der Waals surface area contributed by atoms with E-state index in [9.17, 15) is 9.59 Å². The van der Waals surface area contributed by atoms with Crippen LogP contribution in [-0.4, -0.2) is 18.4 Å². The van der Waals surface area contributed by atoms with Gasteiger partial charge >= 0.3 is 0 Å². The Morgan fingerprint density at radius 3 is 2.31 bits per heavy atom. The van der Waals surface area contributed by atoms with Crippen LogP contribution in [0.2, 0.25) is 0 Å². The monoisotopic (exact) mass is 352 g/mol. The lowest BCUT2D eigenvalue weighted by molar-refractivity contribution is -0.120. The summed E-state index contributed by atoms with van der Waals surface area (Å²) in [7, 11) is 0. The Labute approximate surface area is 156 Å². The molecule has 4 nitrogen and oxygen atoms in total. The molecule has 0 spiro atoms. The lowest BCUT2D eigenvalue weighted by Crippen LogP contribution is -2.38. The number of amides is 2. The van der Waals surface area contributed by atoms with Crippen LogP contribution in [0.5, 0.6) is 0 Å². The molecule has 0 aliphatic heterocycles. The van der Waals surface area contributed by atoms with E-state index in [1.54, 1.807) is 12.1 Å². The van der Waals surface area contributed by atoms with Crippen LogP contribution in [0.15, 0.2) is 48.5 Å². The minimum absolute atomic E-state index is 0.0391. The summed E-state index contributed by atoms with van der Waals surface area (Å²) in [6.07, 6.45) is 1.05. The van der Waals surface area contributed by atoms with Gasteiger partial charge in [0.05, 0.1) is 12.6 Å². The van der Waals surface area contributed by atoms with Crippen molar-refractivity contribution in [1.29, 1.82) is 0 Å². The summed E-state index contributed by atoms with van der Waals surface area (Å²) < 4.78 is 0. The predicted octanol–water partition coefficient (Wildman–Crippen LogP) is 3.80. The zero-order chi connectivity index (χ0) is 19.1. The van der Waals surface area contributed by atoms with Crippen LogP contribution < -0.4 is 10.6 Å². The number of carbonyl (C=O) groups excluding carboxylic acids is 2. The van der Waals surface area contributed by atoms with Gasteiger partial charge in [-0.1, -0.05) is 55.8 Å². The van der Waals surface area contributed by atoms with E-state index in [4.69, 9.17) is 0 Å². The molecular formula is C22H28N2O2. The molecule has 2 N–H and O–H groups in total. The number of hydrogen-bond acceptors (Lipinski definition) is 2. The number of hydrogen-bond donors (Lipinski definition) is 2. The molecule has 138 valence electrons. The molecule has 4 heteroatoms. The van der Waals surface area contributed by atoms with Crippen LogP contribution in [0, 0.1) is 12.8 Å². The number of nitrogens with one attached hydrogen (secondary N) is 2. The second kappa shape index (κ2) is 9.18. The first kappa shape index (κ1) is 19.7. The van der Waals surface area contributed by atoms with Gasteiger partial charge in [0.2, 0.25) is 5.91 Å². The van der Waals surface area contributed by atoms with Crippen LogP contribution >= 0.6 is 0 Å². The third-order valence-electron chi connectivity index (χ3n) is 4.19. The first-order chi connectivity index (χ1) is 12.3. The summed E-state index contributed by atoms with van der Waals surface area (Å²) in [5, 5.41) is 5.58. The van der Waals surface area contributed by atoms with E-state index in [1.165, 1.54) is 5.56 Å². The summed E-state index contributed by atoms with van der Waals surface area (Å²) in [6.45, 7) is 8.22. The highest BCUT2D eigenvalue weighted by Gasteiger charge is 2.12. The van der Waals surface area contributed by atoms with E-state index in [2.05, 4.69) is 36.6 Å². The number of aryl methyl sites for hydroxylation is 1. The second-order valence-electron chi connectivity index (χ2n) is 7.18. The molecule has 0 saturated heterocycles. The smallest absolute Gasteiger partial charge is 0.251 e. The number of rotatable bonds is 7. The SMILES string of the molecule is Cc1cccc(C(=O)NCC(=O)N[C@@H](C)c2ccc(CC(C)C)cc2)c1. The van der Waals surface area contributed by atoms with E-state index in [1.807, 2.05) is 38.1 Å². The fourth-order valence-corrected chi connectivity index (χ4v) is 2.84. The van der Waals surface area contributed by atoms with Crippen LogP contribution in [-0.2, 0) is 11.2 Å². The van der Waals surface area contributed by atoms with Crippen molar-refractivity contribution in [1.82, 2.24) is 10.6 Å². The van der Waals surface area contributed by atoms with Gasteiger partial charge in [-0.05, 0) is 49.4 Å². The first-order valence-electron chi connectivity index (χ1n) is 9.08. The van der Waals surface area contributed by atoms with Gasteiger partial charge in [0.25, 0.3) is 5.91 Å². The molecule has 1 atom stereocenters. The summed E-state index contributed by atoms with van der Waals surface area (Å²) in [6, 6.07) is 15.5. The molecule has 0 radical (unpaired) electrons. The molecular weight excluding hydrogens is 324 g/mol. The molecule has 26 heavy (non-hydrogen) atoms. The molecule has 2 aromatic carbocycles.